The van der Waals surface area contributed by atoms with E-state index in [2.05, 4.69) is 36.0 Å². The minimum atomic E-state index is -0.402. The number of hydrogen-bond acceptors (Lipinski definition) is 2. The molecule has 0 spiro atoms. The first-order valence-electron chi connectivity index (χ1n) is 6.79. The summed E-state index contributed by atoms with van der Waals surface area (Å²) in [6, 6.07) is 10.4. The molecule has 2 nitrogen and oxygen atoms in total. The molecule has 0 N–H and O–H groups in total. The van der Waals surface area contributed by atoms with E-state index in [-0.39, 0.29) is 11.2 Å². The maximum Gasteiger partial charge on any atom is 0.551 e. The van der Waals surface area contributed by atoms with Crippen LogP contribution in [0.25, 0.3) is 0 Å². The predicted molar refractivity (Wildman–Crippen MR) is 78.6 cm³/mol. The summed E-state index contributed by atoms with van der Waals surface area (Å²) in [5, 5.41) is 0. The van der Waals surface area contributed by atoms with Crippen LogP contribution in [0.3, 0.4) is 0 Å². The van der Waals surface area contributed by atoms with E-state index in [1.165, 1.54) is 5.56 Å². The van der Waals surface area contributed by atoms with Gasteiger partial charge in [0.2, 0.25) is 0 Å². The van der Waals surface area contributed by atoms with E-state index >= 15 is 0 Å². The van der Waals surface area contributed by atoms with Gasteiger partial charge < -0.3 is 9.31 Å². The standard InChI is InChI=1S/C16H21BO2/c1-15(2)16(3,4)19-17(18-15)13-9-8-12-14-10-6-5-7-11-14/h5-7,10-11H,8,12H2,1-4H3. The zero-order valence-electron chi connectivity index (χ0n) is 12.2. The molecule has 1 heterocycles. The Hall–Kier alpha value is -1.24. The lowest BCUT2D eigenvalue weighted by Gasteiger charge is -2.32. The third-order valence-corrected chi connectivity index (χ3v) is 3.85. The Balaban J connectivity index is 1.86. The van der Waals surface area contributed by atoms with Gasteiger partial charge in [-0.05, 0) is 39.7 Å². The van der Waals surface area contributed by atoms with Gasteiger partial charge >= 0.3 is 7.12 Å². The van der Waals surface area contributed by atoms with Crippen molar-refractivity contribution in [2.75, 3.05) is 0 Å². The molecule has 100 valence electrons. The van der Waals surface area contributed by atoms with Crippen LogP contribution in [0.2, 0.25) is 0 Å². The number of hydrogen-bond donors (Lipinski definition) is 0. The maximum absolute atomic E-state index is 5.82. The topological polar surface area (TPSA) is 18.5 Å². The van der Waals surface area contributed by atoms with Gasteiger partial charge in [0, 0.05) is 6.42 Å². The van der Waals surface area contributed by atoms with Crippen LogP contribution in [0.15, 0.2) is 30.3 Å². The molecule has 0 amide bonds. The van der Waals surface area contributed by atoms with Gasteiger partial charge in [-0.15, -0.1) is 5.92 Å². The lowest BCUT2D eigenvalue weighted by molar-refractivity contribution is 0.00578. The zero-order valence-corrected chi connectivity index (χ0v) is 12.2. The molecule has 0 aliphatic carbocycles. The first-order valence-corrected chi connectivity index (χ1v) is 6.79. The van der Waals surface area contributed by atoms with Crippen LogP contribution in [-0.2, 0) is 15.7 Å². The van der Waals surface area contributed by atoms with Crippen molar-refractivity contribution in [3.8, 4) is 11.7 Å². The van der Waals surface area contributed by atoms with Crippen LogP contribution >= 0.6 is 0 Å². The minimum absolute atomic E-state index is 0.300. The van der Waals surface area contributed by atoms with Crippen LogP contribution < -0.4 is 0 Å². The third kappa shape index (κ3) is 3.40. The van der Waals surface area contributed by atoms with Crippen LogP contribution in [0.4, 0.5) is 0 Å². The predicted octanol–water partition coefficient (Wildman–Crippen LogP) is 3.25. The van der Waals surface area contributed by atoms with Gasteiger partial charge in [0.25, 0.3) is 0 Å². The Labute approximate surface area is 116 Å². The van der Waals surface area contributed by atoms with Gasteiger partial charge in [0.15, 0.2) is 0 Å². The van der Waals surface area contributed by atoms with E-state index in [0.29, 0.717) is 0 Å². The summed E-state index contributed by atoms with van der Waals surface area (Å²) in [6.07, 6.45) is 1.79. The van der Waals surface area contributed by atoms with Crippen molar-refractivity contribution in [2.45, 2.75) is 51.7 Å². The molecule has 1 fully saturated rings. The van der Waals surface area contributed by atoms with E-state index < -0.39 is 7.12 Å². The van der Waals surface area contributed by atoms with E-state index in [9.17, 15) is 0 Å². The largest absolute Gasteiger partial charge is 0.551 e. The lowest BCUT2D eigenvalue weighted by atomic mass is 9.90. The second kappa shape index (κ2) is 5.40. The van der Waals surface area contributed by atoms with Crippen molar-refractivity contribution in [3.63, 3.8) is 0 Å². The Morgan fingerprint density at radius 3 is 2.16 bits per heavy atom. The molecule has 19 heavy (non-hydrogen) atoms. The summed E-state index contributed by atoms with van der Waals surface area (Å²) in [7, 11) is -0.402. The van der Waals surface area contributed by atoms with Crippen LogP contribution in [0.5, 0.6) is 0 Å². The summed E-state index contributed by atoms with van der Waals surface area (Å²) in [4.78, 5) is 0. The van der Waals surface area contributed by atoms with Crippen LogP contribution in [0, 0.1) is 11.7 Å². The molecule has 3 heteroatoms. The molecule has 0 unspecified atom stereocenters. The minimum Gasteiger partial charge on any atom is -0.392 e. The Morgan fingerprint density at radius 2 is 1.58 bits per heavy atom. The van der Waals surface area contributed by atoms with Gasteiger partial charge in [0.05, 0.1) is 11.2 Å². The van der Waals surface area contributed by atoms with Crippen LogP contribution in [-0.4, -0.2) is 18.3 Å². The average Bonchev–Trinajstić information content (AvgIpc) is 2.55. The highest BCUT2D eigenvalue weighted by atomic mass is 16.7. The molecule has 1 saturated heterocycles. The Kier molecular flexibility index (Phi) is 4.03. The highest BCUT2D eigenvalue weighted by molar-refractivity contribution is 6.55. The molecule has 2 rings (SSSR count). The van der Waals surface area contributed by atoms with Crippen molar-refractivity contribution in [2.24, 2.45) is 0 Å². The first-order chi connectivity index (χ1) is 8.91. The molecule has 0 saturated carbocycles. The van der Waals surface area contributed by atoms with Gasteiger partial charge in [0.1, 0.15) is 0 Å². The summed E-state index contributed by atoms with van der Waals surface area (Å²) >= 11 is 0. The van der Waals surface area contributed by atoms with Crippen molar-refractivity contribution >= 4 is 7.12 Å². The second-order valence-corrected chi connectivity index (χ2v) is 5.89. The molecule has 0 aromatic heterocycles. The number of benzene rings is 1. The van der Waals surface area contributed by atoms with E-state index in [0.717, 1.165) is 12.8 Å². The van der Waals surface area contributed by atoms with E-state index in [1.807, 2.05) is 33.8 Å². The fourth-order valence-electron chi connectivity index (χ4n) is 1.91. The normalized spacial score (nSPS) is 19.9. The van der Waals surface area contributed by atoms with Crippen molar-refractivity contribution < 1.29 is 9.31 Å². The molecule has 0 radical (unpaired) electrons. The number of aryl methyl sites for hydroxylation is 1. The highest BCUT2D eigenvalue weighted by Gasteiger charge is 2.50. The molecule has 1 aromatic rings. The average molecular weight is 256 g/mol. The molecule has 1 aromatic carbocycles. The summed E-state index contributed by atoms with van der Waals surface area (Å²) in [5.74, 6) is 6.22. The molecule has 1 aliphatic rings. The van der Waals surface area contributed by atoms with E-state index in [4.69, 9.17) is 9.31 Å². The zero-order chi connectivity index (χ0) is 13.9. The molecular formula is C16H21BO2. The molecule has 1 aliphatic heterocycles. The second-order valence-electron chi connectivity index (χ2n) is 5.89. The lowest BCUT2D eigenvalue weighted by Crippen LogP contribution is -2.41. The fraction of sp³-hybridized carbons (Fsp3) is 0.500. The number of rotatable bonds is 2. The van der Waals surface area contributed by atoms with Gasteiger partial charge in [-0.1, -0.05) is 36.2 Å². The van der Waals surface area contributed by atoms with Crippen molar-refractivity contribution in [1.82, 2.24) is 0 Å². The Morgan fingerprint density at radius 1 is 1.00 bits per heavy atom. The molecule has 0 atom stereocenters. The smallest absolute Gasteiger partial charge is 0.392 e. The third-order valence-electron chi connectivity index (χ3n) is 3.85. The monoisotopic (exact) mass is 256 g/mol. The summed E-state index contributed by atoms with van der Waals surface area (Å²) in [6.45, 7) is 8.16. The summed E-state index contributed by atoms with van der Waals surface area (Å²) < 4.78 is 11.6. The van der Waals surface area contributed by atoms with Crippen LogP contribution in [0.1, 0.15) is 39.7 Å². The molecule has 0 bridgehead atoms. The molecular weight excluding hydrogens is 235 g/mol. The van der Waals surface area contributed by atoms with Crippen molar-refractivity contribution in [3.05, 3.63) is 35.9 Å². The first kappa shape index (κ1) is 14.2. The SMILES string of the molecule is CC1(C)OB(C#CCCc2ccccc2)OC1(C)C. The van der Waals surface area contributed by atoms with Gasteiger partial charge in [-0.3, -0.25) is 0 Å². The Bertz CT molecular complexity index is 466. The summed E-state index contributed by atoms with van der Waals surface area (Å²) in [5.41, 5.74) is 0.711. The maximum atomic E-state index is 5.82. The fourth-order valence-corrected chi connectivity index (χ4v) is 1.91. The van der Waals surface area contributed by atoms with E-state index in [1.54, 1.807) is 0 Å². The van der Waals surface area contributed by atoms with Gasteiger partial charge in [-0.2, -0.15) is 0 Å². The highest BCUT2D eigenvalue weighted by Crippen LogP contribution is 2.36. The quantitative estimate of drug-likeness (QED) is 0.597. The van der Waals surface area contributed by atoms with Gasteiger partial charge in [-0.25, -0.2) is 0 Å². The van der Waals surface area contributed by atoms with Crippen molar-refractivity contribution in [1.29, 1.82) is 0 Å².